The molecular weight excluding hydrogens is 222 g/mol. The number of ether oxygens (including phenoxy) is 1. The molecule has 0 radical (unpaired) electrons. The maximum absolute atomic E-state index is 11.4. The fourth-order valence-corrected chi connectivity index (χ4v) is 1.86. The molecule has 0 saturated carbocycles. The summed E-state index contributed by atoms with van der Waals surface area (Å²) in [4.78, 5) is 25.1. The lowest BCUT2D eigenvalue weighted by Gasteiger charge is -2.09. The van der Waals surface area contributed by atoms with E-state index in [0.29, 0.717) is 16.7 Å². The first-order valence-electron chi connectivity index (χ1n) is 4.98. The molecule has 0 aliphatic carbocycles. The van der Waals surface area contributed by atoms with Gasteiger partial charge in [0.1, 0.15) is 5.75 Å². The number of aromatic carboxylic acids is 1. The molecule has 2 N–H and O–H groups in total. The van der Waals surface area contributed by atoms with Gasteiger partial charge in [0.2, 0.25) is 5.56 Å². The molecule has 0 atom stereocenters. The Balaban J connectivity index is 3.02. The lowest BCUT2D eigenvalue weighted by Crippen LogP contribution is -2.11. The molecule has 0 bridgehead atoms. The zero-order valence-electron chi connectivity index (χ0n) is 9.40. The standard InChI is InChI=1S/C12H11NO4/c1-6-3-4-8(17-2)11-10(6)7(12(15)16)5-9(14)13-11/h3-5H,1-2H3,(H,13,14)(H,15,16). The Labute approximate surface area is 96.7 Å². The van der Waals surface area contributed by atoms with Gasteiger partial charge in [-0.25, -0.2) is 4.79 Å². The minimum Gasteiger partial charge on any atom is -0.495 e. The van der Waals surface area contributed by atoms with Gasteiger partial charge in [0.05, 0.1) is 18.2 Å². The normalized spacial score (nSPS) is 10.5. The Morgan fingerprint density at radius 1 is 1.41 bits per heavy atom. The highest BCUT2D eigenvalue weighted by Crippen LogP contribution is 2.27. The fourth-order valence-electron chi connectivity index (χ4n) is 1.86. The number of hydrogen-bond donors (Lipinski definition) is 2. The predicted molar refractivity (Wildman–Crippen MR) is 62.8 cm³/mol. The van der Waals surface area contributed by atoms with Gasteiger partial charge in [0.25, 0.3) is 0 Å². The van der Waals surface area contributed by atoms with Crippen molar-refractivity contribution in [1.82, 2.24) is 4.98 Å². The van der Waals surface area contributed by atoms with Crippen LogP contribution in [-0.2, 0) is 0 Å². The number of carbonyl (C=O) groups is 1. The number of fused-ring (bicyclic) bond motifs is 1. The summed E-state index contributed by atoms with van der Waals surface area (Å²) in [6.07, 6.45) is 0. The second-order valence-electron chi connectivity index (χ2n) is 3.69. The highest BCUT2D eigenvalue weighted by molar-refractivity contribution is 6.05. The summed E-state index contributed by atoms with van der Waals surface area (Å²) in [5.74, 6) is -0.678. The fraction of sp³-hybridized carbons (Fsp3) is 0.167. The summed E-state index contributed by atoms with van der Waals surface area (Å²) in [5, 5.41) is 9.60. The molecule has 0 amide bonds. The summed E-state index contributed by atoms with van der Waals surface area (Å²) < 4.78 is 5.11. The third-order valence-corrected chi connectivity index (χ3v) is 2.62. The molecule has 0 spiro atoms. The lowest BCUT2D eigenvalue weighted by atomic mass is 10.0. The van der Waals surface area contributed by atoms with Gasteiger partial charge >= 0.3 is 5.97 Å². The van der Waals surface area contributed by atoms with E-state index in [0.717, 1.165) is 11.6 Å². The minimum absolute atomic E-state index is 0.0137. The summed E-state index contributed by atoms with van der Waals surface area (Å²) in [5.41, 5.74) is 0.714. The van der Waals surface area contributed by atoms with E-state index >= 15 is 0 Å². The first-order valence-corrected chi connectivity index (χ1v) is 4.98. The summed E-state index contributed by atoms with van der Waals surface area (Å²) >= 11 is 0. The van der Waals surface area contributed by atoms with Crippen LogP contribution in [0.5, 0.6) is 5.75 Å². The summed E-state index contributed by atoms with van der Waals surface area (Å²) in [7, 11) is 1.47. The monoisotopic (exact) mass is 233 g/mol. The third-order valence-electron chi connectivity index (χ3n) is 2.62. The van der Waals surface area contributed by atoms with Crippen LogP contribution in [0.3, 0.4) is 0 Å². The molecule has 0 unspecified atom stereocenters. The van der Waals surface area contributed by atoms with E-state index < -0.39 is 11.5 Å². The first kappa shape index (κ1) is 11.2. The van der Waals surface area contributed by atoms with E-state index in [1.165, 1.54) is 7.11 Å². The van der Waals surface area contributed by atoms with E-state index in [-0.39, 0.29) is 5.56 Å². The van der Waals surface area contributed by atoms with E-state index in [1.54, 1.807) is 19.1 Å². The summed E-state index contributed by atoms with van der Waals surface area (Å²) in [6.45, 7) is 1.78. The number of carboxylic acid groups (broad SMARTS) is 1. The van der Waals surface area contributed by atoms with Crippen molar-refractivity contribution < 1.29 is 14.6 Å². The van der Waals surface area contributed by atoms with Crippen LogP contribution in [-0.4, -0.2) is 23.2 Å². The Kier molecular flexibility index (Phi) is 2.59. The Morgan fingerprint density at radius 2 is 2.12 bits per heavy atom. The lowest BCUT2D eigenvalue weighted by molar-refractivity contribution is 0.0699. The molecule has 2 rings (SSSR count). The molecule has 0 fully saturated rings. The van der Waals surface area contributed by atoms with Gasteiger partial charge < -0.3 is 14.8 Å². The molecule has 0 aliphatic rings. The SMILES string of the molecule is COc1ccc(C)c2c(C(=O)O)cc(=O)[nH]c12. The molecular formula is C12H11NO4. The van der Waals surface area contributed by atoms with Crippen LogP contribution in [0.4, 0.5) is 0 Å². The molecule has 2 aromatic rings. The maximum atomic E-state index is 11.4. The molecule has 5 heteroatoms. The maximum Gasteiger partial charge on any atom is 0.336 e. The Bertz CT molecular complexity index is 657. The highest BCUT2D eigenvalue weighted by Gasteiger charge is 2.14. The summed E-state index contributed by atoms with van der Waals surface area (Å²) in [6, 6.07) is 4.53. The Morgan fingerprint density at radius 3 is 2.71 bits per heavy atom. The van der Waals surface area contributed by atoms with Gasteiger partial charge in [-0.05, 0) is 18.6 Å². The minimum atomic E-state index is -1.13. The smallest absolute Gasteiger partial charge is 0.336 e. The average Bonchev–Trinajstić information content (AvgIpc) is 2.28. The molecule has 1 aromatic heterocycles. The predicted octanol–water partition coefficient (Wildman–Crippen LogP) is 1.54. The van der Waals surface area contributed by atoms with Crippen molar-refractivity contribution in [3.8, 4) is 5.75 Å². The number of methoxy groups -OCH3 is 1. The number of carboxylic acids is 1. The van der Waals surface area contributed by atoms with E-state index in [1.807, 2.05) is 0 Å². The number of aromatic nitrogens is 1. The molecule has 1 heterocycles. The van der Waals surface area contributed by atoms with Crippen molar-refractivity contribution in [3.05, 3.63) is 39.7 Å². The third kappa shape index (κ3) is 1.75. The largest absolute Gasteiger partial charge is 0.495 e. The number of aryl methyl sites for hydroxylation is 1. The van der Waals surface area contributed by atoms with Gasteiger partial charge in [-0.2, -0.15) is 0 Å². The van der Waals surface area contributed by atoms with Crippen LogP contribution in [0.25, 0.3) is 10.9 Å². The van der Waals surface area contributed by atoms with Crippen LogP contribution in [0.2, 0.25) is 0 Å². The number of benzene rings is 1. The molecule has 17 heavy (non-hydrogen) atoms. The molecule has 0 aliphatic heterocycles. The van der Waals surface area contributed by atoms with Crippen molar-refractivity contribution in [2.24, 2.45) is 0 Å². The van der Waals surface area contributed by atoms with Gasteiger partial charge in [0.15, 0.2) is 0 Å². The van der Waals surface area contributed by atoms with Crippen molar-refractivity contribution in [3.63, 3.8) is 0 Å². The van der Waals surface area contributed by atoms with Crippen LogP contribution < -0.4 is 10.3 Å². The highest BCUT2D eigenvalue weighted by atomic mass is 16.5. The van der Waals surface area contributed by atoms with E-state index in [4.69, 9.17) is 9.84 Å². The average molecular weight is 233 g/mol. The van der Waals surface area contributed by atoms with E-state index in [9.17, 15) is 9.59 Å². The van der Waals surface area contributed by atoms with Crippen molar-refractivity contribution >= 4 is 16.9 Å². The first-order chi connectivity index (χ1) is 8.04. The second-order valence-corrected chi connectivity index (χ2v) is 3.69. The topological polar surface area (TPSA) is 79.4 Å². The molecule has 1 aromatic carbocycles. The van der Waals surface area contributed by atoms with Crippen LogP contribution >= 0.6 is 0 Å². The van der Waals surface area contributed by atoms with Crippen molar-refractivity contribution in [1.29, 1.82) is 0 Å². The molecule has 5 nitrogen and oxygen atoms in total. The van der Waals surface area contributed by atoms with Crippen molar-refractivity contribution in [2.45, 2.75) is 6.92 Å². The number of nitrogens with one attached hydrogen (secondary N) is 1. The van der Waals surface area contributed by atoms with Crippen LogP contribution in [0.1, 0.15) is 15.9 Å². The second kappa shape index (κ2) is 3.93. The van der Waals surface area contributed by atoms with E-state index in [2.05, 4.69) is 4.98 Å². The van der Waals surface area contributed by atoms with Gasteiger partial charge in [-0.1, -0.05) is 6.07 Å². The van der Waals surface area contributed by atoms with Gasteiger partial charge in [-0.15, -0.1) is 0 Å². The number of H-pyrrole nitrogens is 1. The van der Waals surface area contributed by atoms with Crippen LogP contribution in [0.15, 0.2) is 23.0 Å². The van der Waals surface area contributed by atoms with Gasteiger partial charge in [-0.3, -0.25) is 4.79 Å². The number of aromatic amines is 1. The molecule has 0 saturated heterocycles. The number of pyridine rings is 1. The van der Waals surface area contributed by atoms with Crippen molar-refractivity contribution in [2.75, 3.05) is 7.11 Å². The Hall–Kier alpha value is -2.30. The quantitative estimate of drug-likeness (QED) is 0.824. The van der Waals surface area contributed by atoms with Gasteiger partial charge in [0, 0.05) is 11.5 Å². The molecule has 88 valence electrons. The zero-order valence-corrected chi connectivity index (χ0v) is 9.40. The number of hydrogen-bond acceptors (Lipinski definition) is 3. The van der Waals surface area contributed by atoms with Crippen LogP contribution in [0, 0.1) is 6.92 Å². The zero-order chi connectivity index (χ0) is 12.6. The number of rotatable bonds is 2.